The standard InChI is InChI=1S/C16H23ClFN3S/c1-12-5-2-3-9-21(12)10-4-8-19-16(22)20-13-6-7-15(18)14(17)11-13/h6-7,11-12H,2-5,8-10H2,1H3,(H2,19,20,22)/p+1/t12-/m1/s1. The van der Waals surface area contributed by atoms with Crippen LogP contribution in [-0.2, 0) is 0 Å². The fourth-order valence-electron chi connectivity index (χ4n) is 2.89. The van der Waals surface area contributed by atoms with E-state index in [0.717, 1.165) is 19.0 Å². The van der Waals surface area contributed by atoms with Gasteiger partial charge < -0.3 is 15.5 Å². The maximum absolute atomic E-state index is 13.1. The van der Waals surface area contributed by atoms with Gasteiger partial charge in [-0.05, 0) is 56.6 Å². The van der Waals surface area contributed by atoms with Crippen molar-refractivity contribution in [2.75, 3.05) is 25.0 Å². The quantitative estimate of drug-likeness (QED) is 0.566. The molecule has 0 saturated carbocycles. The van der Waals surface area contributed by atoms with E-state index in [2.05, 4.69) is 17.6 Å². The fourth-order valence-corrected chi connectivity index (χ4v) is 3.29. The van der Waals surface area contributed by atoms with Crippen molar-refractivity contribution < 1.29 is 9.29 Å². The summed E-state index contributed by atoms with van der Waals surface area (Å²) in [5.74, 6) is -0.426. The van der Waals surface area contributed by atoms with E-state index in [9.17, 15) is 4.39 Å². The van der Waals surface area contributed by atoms with E-state index in [4.69, 9.17) is 23.8 Å². The highest BCUT2D eigenvalue weighted by Gasteiger charge is 2.20. The summed E-state index contributed by atoms with van der Waals surface area (Å²) in [5, 5.41) is 6.85. The predicted octanol–water partition coefficient (Wildman–Crippen LogP) is 2.61. The Hall–Kier alpha value is -0.910. The van der Waals surface area contributed by atoms with Gasteiger partial charge >= 0.3 is 0 Å². The molecule has 6 heteroatoms. The predicted molar refractivity (Wildman–Crippen MR) is 94.3 cm³/mol. The van der Waals surface area contributed by atoms with Crippen LogP contribution in [0.25, 0.3) is 0 Å². The average Bonchev–Trinajstić information content (AvgIpc) is 2.49. The summed E-state index contributed by atoms with van der Waals surface area (Å²) < 4.78 is 13.1. The zero-order chi connectivity index (χ0) is 15.9. The van der Waals surface area contributed by atoms with Crippen LogP contribution in [0.2, 0.25) is 5.02 Å². The molecule has 0 spiro atoms. The van der Waals surface area contributed by atoms with Gasteiger partial charge in [-0.1, -0.05) is 11.6 Å². The van der Waals surface area contributed by atoms with Crippen LogP contribution in [-0.4, -0.2) is 30.8 Å². The van der Waals surface area contributed by atoms with Gasteiger partial charge in [0.25, 0.3) is 0 Å². The molecule has 2 rings (SSSR count). The molecule has 1 aliphatic rings. The van der Waals surface area contributed by atoms with Crippen LogP contribution in [0.15, 0.2) is 18.2 Å². The van der Waals surface area contributed by atoms with Crippen LogP contribution in [0.3, 0.4) is 0 Å². The van der Waals surface area contributed by atoms with Crippen LogP contribution < -0.4 is 15.5 Å². The minimum atomic E-state index is -0.426. The van der Waals surface area contributed by atoms with E-state index in [1.54, 1.807) is 11.0 Å². The van der Waals surface area contributed by atoms with Gasteiger partial charge in [0, 0.05) is 18.7 Å². The largest absolute Gasteiger partial charge is 0.362 e. The zero-order valence-corrected chi connectivity index (χ0v) is 14.5. The second-order valence-corrected chi connectivity index (χ2v) is 6.73. The van der Waals surface area contributed by atoms with E-state index >= 15 is 0 Å². The Kier molecular flexibility index (Phi) is 6.86. The zero-order valence-electron chi connectivity index (χ0n) is 12.9. The minimum Gasteiger partial charge on any atom is -0.362 e. The normalized spacial score (nSPS) is 21.4. The van der Waals surface area contributed by atoms with E-state index in [-0.39, 0.29) is 5.02 Å². The van der Waals surface area contributed by atoms with Gasteiger partial charge in [-0.3, -0.25) is 0 Å². The Labute approximate surface area is 142 Å². The number of nitrogens with one attached hydrogen (secondary N) is 3. The molecule has 1 fully saturated rings. The van der Waals surface area contributed by atoms with Gasteiger partial charge in [0.05, 0.1) is 24.2 Å². The lowest BCUT2D eigenvalue weighted by Crippen LogP contribution is -3.16. The van der Waals surface area contributed by atoms with Crippen LogP contribution in [0, 0.1) is 5.82 Å². The number of piperidine rings is 1. The van der Waals surface area contributed by atoms with Crippen molar-refractivity contribution in [2.24, 2.45) is 0 Å². The molecule has 0 aromatic heterocycles. The fraction of sp³-hybridized carbons (Fsp3) is 0.562. The highest BCUT2D eigenvalue weighted by atomic mass is 35.5. The molecule has 1 unspecified atom stereocenters. The Morgan fingerprint density at radius 3 is 3.00 bits per heavy atom. The summed E-state index contributed by atoms with van der Waals surface area (Å²) in [6.45, 7) is 5.65. The Balaban J connectivity index is 1.66. The molecule has 3 nitrogen and oxygen atoms in total. The third kappa shape index (κ3) is 5.38. The number of benzene rings is 1. The van der Waals surface area contributed by atoms with Gasteiger partial charge in [-0.15, -0.1) is 0 Å². The third-order valence-electron chi connectivity index (χ3n) is 4.22. The molecule has 0 aliphatic carbocycles. The molecule has 1 heterocycles. The molecule has 1 aromatic carbocycles. The van der Waals surface area contributed by atoms with Crippen molar-refractivity contribution >= 4 is 34.6 Å². The Morgan fingerprint density at radius 1 is 1.45 bits per heavy atom. The van der Waals surface area contributed by atoms with Gasteiger partial charge in [0.1, 0.15) is 5.82 Å². The number of hydrogen-bond acceptors (Lipinski definition) is 1. The lowest BCUT2D eigenvalue weighted by atomic mass is 10.0. The Bertz CT molecular complexity index is 512. The van der Waals surface area contributed by atoms with Crippen LogP contribution >= 0.6 is 23.8 Å². The topological polar surface area (TPSA) is 28.5 Å². The van der Waals surface area contributed by atoms with E-state index in [0.29, 0.717) is 10.8 Å². The number of likely N-dealkylation sites (tertiary alicyclic amines) is 1. The molecule has 1 saturated heterocycles. The summed E-state index contributed by atoms with van der Waals surface area (Å²) >= 11 is 11.0. The lowest BCUT2D eigenvalue weighted by molar-refractivity contribution is -0.928. The number of hydrogen-bond donors (Lipinski definition) is 3. The summed E-state index contributed by atoms with van der Waals surface area (Å²) in [7, 11) is 0. The van der Waals surface area contributed by atoms with E-state index in [1.165, 1.54) is 44.5 Å². The monoisotopic (exact) mass is 344 g/mol. The molecular formula is C16H24ClFN3S+. The number of anilines is 1. The molecule has 0 bridgehead atoms. The maximum Gasteiger partial charge on any atom is 0.170 e. The van der Waals surface area contributed by atoms with Crippen LogP contribution in [0.5, 0.6) is 0 Å². The summed E-state index contributed by atoms with van der Waals surface area (Å²) in [4.78, 5) is 1.71. The van der Waals surface area contributed by atoms with Crippen molar-refractivity contribution in [1.82, 2.24) is 5.32 Å². The first-order valence-corrected chi connectivity index (χ1v) is 8.69. The maximum atomic E-state index is 13.1. The highest BCUT2D eigenvalue weighted by Crippen LogP contribution is 2.19. The molecule has 22 heavy (non-hydrogen) atoms. The number of thiocarbonyl (C=S) groups is 1. The molecule has 1 aromatic rings. The number of quaternary nitrogens is 1. The van der Waals surface area contributed by atoms with Crippen molar-refractivity contribution in [2.45, 2.75) is 38.6 Å². The Morgan fingerprint density at radius 2 is 2.27 bits per heavy atom. The van der Waals surface area contributed by atoms with Crippen LogP contribution in [0.4, 0.5) is 10.1 Å². The summed E-state index contributed by atoms with van der Waals surface area (Å²) in [6, 6.07) is 5.26. The minimum absolute atomic E-state index is 0.0930. The molecule has 3 N–H and O–H groups in total. The first-order valence-electron chi connectivity index (χ1n) is 7.91. The molecule has 0 radical (unpaired) electrons. The molecule has 1 aliphatic heterocycles. The van der Waals surface area contributed by atoms with Gasteiger partial charge in [-0.25, -0.2) is 4.39 Å². The first kappa shape index (κ1) is 17.4. The van der Waals surface area contributed by atoms with Crippen molar-refractivity contribution in [3.63, 3.8) is 0 Å². The van der Waals surface area contributed by atoms with Crippen molar-refractivity contribution in [3.8, 4) is 0 Å². The number of rotatable bonds is 5. The van der Waals surface area contributed by atoms with Crippen molar-refractivity contribution in [1.29, 1.82) is 0 Å². The van der Waals surface area contributed by atoms with Crippen LogP contribution in [0.1, 0.15) is 32.6 Å². The molecule has 2 atom stereocenters. The summed E-state index contributed by atoms with van der Waals surface area (Å²) in [6.07, 6.45) is 5.15. The van der Waals surface area contributed by atoms with Crippen molar-refractivity contribution in [3.05, 3.63) is 29.0 Å². The smallest absolute Gasteiger partial charge is 0.170 e. The van der Waals surface area contributed by atoms with Gasteiger partial charge in [-0.2, -0.15) is 0 Å². The average molecular weight is 345 g/mol. The van der Waals surface area contributed by atoms with Gasteiger partial charge in [0.2, 0.25) is 0 Å². The van der Waals surface area contributed by atoms with Gasteiger partial charge in [0.15, 0.2) is 5.11 Å². The molecular weight excluding hydrogens is 321 g/mol. The lowest BCUT2D eigenvalue weighted by Gasteiger charge is -2.30. The highest BCUT2D eigenvalue weighted by molar-refractivity contribution is 7.80. The first-order chi connectivity index (χ1) is 10.6. The third-order valence-corrected chi connectivity index (χ3v) is 4.76. The van der Waals surface area contributed by atoms with E-state index < -0.39 is 5.82 Å². The SMILES string of the molecule is C[C@@H]1CCCC[NH+]1CCCNC(=S)Nc1ccc(F)c(Cl)c1. The number of halogens is 2. The molecule has 0 amide bonds. The second-order valence-electron chi connectivity index (χ2n) is 5.92. The summed E-state index contributed by atoms with van der Waals surface area (Å²) in [5.41, 5.74) is 0.694. The van der Waals surface area contributed by atoms with E-state index in [1.807, 2.05) is 0 Å². The molecule has 122 valence electrons. The second kappa shape index (κ2) is 8.65.